The molecule has 0 saturated carbocycles. The number of hydrogen-bond acceptors (Lipinski definition) is 5. The number of halogens is 1. The monoisotopic (exact) mass is 409 g/mol. The summed E-state index contributed by atoms with van der Waals surface area (Å²) in [7, 11) is 0. The summed E-state index contributed by atoms with van der Waals surface area (Å²) in [5.41, 5.74) is 1.55. The van der Waals surface area contributed by atoms with E-state index < -0.39 is 0 Å². The second kappa shape index (κ2) is 7.92. The number of nitrogens with one attached hydrogen (secondary N) is 1. The van der Waals surface area contributed by atoms with Crippen LogP contribution in [0.15, 0.2) is 71.9 Å². The van der Waals surface area contributed by atoms with E-state index in [1.54, 1.807) is 12.1 Å². The average Bonchev–Trinajstić information content (AvgIpc) is 3.07. The Labute approximate surface area is 170 Å². The smallest absolute Gasteiger partial charge is 0.234 e. The number of nitrogens with two attached hydrogens (primary N) is 1. The van der Waals surface area contributed by atoms with Crippen molar-refractivity contribution in [2.45, 2.75) is 5.16 Å². The highest BCUT2D eigenvalue weighted by Crippen LogP contribution is 2.23. The van der Waals surface area contributed by atoms with Crippen LogP contribution in [0.2, 0.25) is 5.02 Å². The fraction of sp³-hybridized carbons (Fsp3) is 0.0500. The standard InChI is InChI=1S/C20H16ClN5OS/c21-16-8-5-14(6-9-16)19-24-25-20(26(19)22)28-12-18(27)23-17-10-7-13-3-1-2-4-15(13)11-17/h1-11H,12,22H2,(H,23,27). The molecular formula is C20H16ClN5OS. The summed E-state index contributed by atoms with van der Waals surface area (Å²) in [4.78, 5) is 12.3. The minimum atomic E-state index is -0.142. The molecule has 1 amide bonds. The summed E-state index contributed by atoms with van der Waals surface area (Å²) >= 11 is 7.13. The van der Waals surface area contributed by atoms with Gasteiger partial charge in [0.25, 0.3) is 0 Å². The Bertz CT molecular complexity index is 1140. The summed E-state index contributed by atoms with van der Waals surface area (Å²) in [5, 5.41) is 14.4. The number of amides is 1. The molecule has 4 rings (SSSR count). The molecule has 1 aromatic heterocycles. The third-order valence-corrected chi connectivity index (χ3v) is 5.33. The molecule has 28 heavy (non-hydrogen) atoms. The molecule has 0 atom stereocenters. The van der Waals surface area contributed by atoms with Gasteiger partial charge < -0.3 is 11.2 Å². The fourth-order valence-electron chi connectivity index (χ4n) is 2.77. The first-order valence-electron chi connectivity index (χ1n) is 8.48. The zero-order valence-corrected chi connectivity index (χ0v) is 16.2. The van der Waals surface area contributed by atoms with Crippen molar-refractivity contribution in [2.24, 2.45) is 0 Å². The van der Waals surface area contributed by atoms with E-state index in [1.807, 2.05) is 54.6 Å². The molecule has 0 radical (unpaired) electrons. The summed E-state index contributed by atoms with van der Waals surface area (Å²) < 4.78 is 1.37. The van der Waals surface area contributed by atoms with E-state index in [1.165, 1.54) is 16.4 Å². The lowest BCUT2D eigenvalue weighted by Gasteiger charge is -2.07. The highest BCUT2D eigenvalue weighted by atomic mass is 35.5. The number of nitrogen functional groups attached to an aromatic ring is 1. The number of anilines is 1. The van der Waals surface area contributed by atoms with Crippen molar-refractivity contribution in [1.29, 1.82) is 0 Å². The molecule has 0 aliphatic rings. The van der Waals surface area contributed by atoms with Crippen LogP contribution in [-0.4, -0.2) is 26.5 Å². The van der Waals surface area contributed by atoms with E-state index in [0.717, 1.165) is 22.0 Å². The number of thioether (sulfide) groups is 1. The van der Waals surface area contributed by atoms with Gasteiger partial charge in [-0.15, -0.1) is 10.2 Å². The van der Waals surface area contributed by atoms with Crippen molar-refractivity contribution in [3.8, 4) is 11.4 Å². The Morgan fingerprint density at radius 3 is 2.57 bits per heavy atom. The SMILES string of the molecule is Nn1c(SCC(=O)Nc2ccc3ccccc3c2)nnc1-c1ccc(Cl)cc1. The molecule has 3 N–H and O–H groups in total. The Kier molecular flexibility index (Phi) is 5.18. The molecule has 0 bridgehead atoms. The van der Waals surface area contributed by atoms with E-state index in [9.17, 15) is 4.79 Å². The molecule has 4 aromatic rings. The molecule has 3 aromatic carbocycles. The van der Waals surface area contributed by atoms with Crippen LogP contribution >= 0.6 is 23.4 Å². The van der Waals surface area contributed by atoms with Crippen LogP contribution in [0.25, 0.3) is 22.2 Å². The van der Waals surface area contributed by atoms with Gasteiger partial charge in [0.1, 0.15) is 0 Å². The maximum absolute atomic E-state index is 12.3. The molecule has 0 saturated heterocycles. The van der Waals surface area contributed by atoms with Crippen LogP contribution < -0.4 is 11.2 Å². The normalized spacial score (nSPS) is 10.9. The van der Waals surface area contributed by atoms with Gasteiger partial charge >= 0.3 is 0 Å². The number of fused-ring (bicyclic) bond motifs is 1. The van der Waals surface area contributed by atoms with E-state index in [2.05, 4.69) is 15.5 Å². The zero-order valence-electron chi connectivity index (χ0n) is 14.7. The minimum absolute atomic E-state index is 0.142. The molecular weight excluding hydrogens is 394 g/mol. The minimum Gasteiger partial charge on any atom is -0.335 e. The topological polar surface area (TPSA) is 85.8 Å². The predicted molar refractivity (Wildman–Crippen MR) is 114 cm³/mol. The Morgan fingerprint density at radius 1 is 1.04 bits per heavy atom. The van der Waals surface area contributed by atoms with E-state index in [-0.39, 0.29) is 11.7 Å². The lowest BCUT2D eigenvalue weighted by atomic mass is 10.1. The lowest BCUT2D eigenvalue weighted by Crippen LogP contribution is -2.16. The van der Waals surface area contributed by atoms with Crippen LogP contribution in [0.5, 0.6) is 0 Å². The van der Waals surface area contributed by atoms with Crippen molar-refractivity contribution in [3.63, 3.8) is 0 Å². The van der Waals surface area contributed by atoms with Gasteiger partial charge in [-0.05, 0) is 47.2 Å². The van der Waals surface area contributed by atoms with Crippen LogP contribution in [0, 0.1) is 0 Å². The highest BCUT2D eigenvalue weighted by molar-refractivity contribution is 7.99. The average molecular weight is 410 g/mol. The molecule has 0 spiro atoms. The first-order chi connectivity index (χ1) is 13.6. The first kappa shape index (κ1) is 18.3. The van der Waals surface area contributed by atoms with Crippen LogP contribution in [-0.2, 0) is 4.79 Å². The van der Waals surface area contributed by atoms with Gasteiger partial charge in [0, 0.05) is 16.3 Å². The maximum atomic E-state index is 12.3. The Morgan fingerprint density at radius 2 is 1.79 bits per heavy atom. The first-order valence-corrected chi connectivity index (χ1v) is 9.84. The van der Waals surface area contributed by atoms with Crippen molar-refractivity contribution in [1.82, 2.24) is 14.9 Å². The summed E-state index contributed by atoms with van der Waals surface area (Å²) in [6.07, 6.45) is 0. The van der Waals surface area contributed by atoms with Crippen molar-refractivity contribution < 1.29 is 4.79 Å². The van der Waals surface area contributed by atoms with E-state index in [0.29, 0.717) is 16.0 Å². The van der Waals surface area contributed by atoms with Gasteiger partial charge in [0.05, 0.1) is 5.75 Å². The Balaban J connectivity index is 1.41. The summed E-state index contributed by atoms with van der Waals surface area (Å²) in [6.45, 7) is 0. The van der Waals surface area contributed by atoms with Gasteiger partial charge in [-0.3, -0.25) is 4.79 Å². The van der Waals surface area contributed by atoms with Gasteiger partial charge in [-0.1, -0.05) is 53.7 Å². The van der Waals surface area contributed by atoms with Crippen LogP contribution in [0.3, 0.4) is 0 Å². The largest absolute Gasteiger partial charge is 0.335 e. The van der Waals surface area contributed by atoms with Gasteiger partial charge in [-0.2, -0.15) is 0 Å². The molecule has 0 aliphatic heterocycles. The number of nitrogens with zero attached hydrogens (tertiary/aromatic N) is 3. The number of carbonyl (C=O) groups is 1. The molecule has 1 heterocycles. The van der Waals surface area contributed by atoms with Gasteiger partial charge in [0.2, 0.25) is 11.1 Å². The quantitative estimate of drug-likeness (QED) is 0.381. The van der Waals surface area contributed by atoms with Crippen molar-refractivity contribution >= 4 is 45.7 Å². The number of rotatable bonds is 5. The number of carbonyl (C=O) groups excluding carboxylic acids is 1. The third kappa shape index (κ3) is 3.95. The Hall–Kier alpha value is -3.03. The predicted octanol–water partition coefficient (Wildman–Crippen LogP) is 4.20. The van der Waals surface area contributed by atoms with Crippen molar-refractivity contribution in [3.05, 3.63) is 71.8 Å². The molecule has 0 fully saturated rings. The zero-order chi connectivity index (χ0) is 19.5. The lowest BCUT2D eigenvalue weighted by molar-refractivity contribution is -0.113. The maximum Gasteiger partial charge on any atom is 0.234 e. The second-order valence-electron chi connectivity index (χ2n) is 6.08. The molecule has 0 aliphatic carbocycles. The van der Waals surface area contributed by atoms with E-state index in [4.69, 9.17) is 17.4 Å². The van der Waals surface area contributed by atoms with E-state index >= 15 is 0 Å². The van der Waals surface area contributed by atoms with Crippen molar-refractivity contribution in [2.75, 3.05) is 16.9 Å². The molecule has 0 unspecified atom stereocenters. The molecule has 140 valence electrons. The summed E-state index contributed by atoms with van der Waals surface area (Å²) in [5.74, 6) is 6.62. The summed E-state index contributed by atoms with van der Waals surface area (Å²) in [6, 6.07) is 21.0. The number of aromatic nitrogens is 3. The molecule has 8 heteroatoms. The molecule has 6 nitrogen and oxygen atoms in total. The van der Waals surface area contributed by atoms with Gasteiger partial charge in [0.15, 0.2) is 5.82 Å². The number of hydrogen-bond donors (Lipinski definition) is 2. The van der Waals surface area contributed by atoms with Gasteiger partial charge in [-0.25, -0.2) is 4.68 Å². The highest BCUT2D eigenvalue weighted by Gasteiger charge is 2.14. The third-order valence-electron chi connectivity index (χ3n) is 4.13. The van der Waals surface area contributed by atoms with Crippen LogP contribution in [0.4, 0.5) is 5.69 Å². The second-order valence-corrected chi connectivity index (χ2v) is 7.46. The number of benzene rings is 3. The van der Waals surface area contributed by atoms with Crippen LogP contribution in [0.1, 0.15) is 0 Å². The fourth-order valence-corrected chi connectivity index (χ4v) is 3.55.